The first-order chi connectivity index (χ1) is 6.09. The highest BCUT2D eigenvalue weighted by Gasteiger charge is 2.16. The van der Waals surface area contributed by atoms with Gasteiger partial charge < -0.3 is 11.5 Å². The summed E-state index contributed by atoms with van der Waals surface area (Å²) >= 11 is 0. The molecule has 0 unspecified atom stereocenters. The predicted molar refractivity (Wildman–Crippen MR) is 49.1 cm³/mol. The number of nitrogens with two attached hydrogens (primary N) is 2. The van der Waals surface area contributed by atoms with Crippen LogP contribution in [0.4, 0.5) is 0 Å². The second-order valence-corrected chi connectivity index (χ2v) is 2.54. The monoisotopic (exact) mass is 182 g/mol. The van der Waals surface area contributed by atoms with Gasteiger partial charge in [0.15, 0.2) is 0 Å². The van der Waals surface area contributed by atoms with E-state index in [-0.39, 0.29) is 5.96 Å². The number of hydrogen-bond donors (Lipinski definition) is 3. The summed E-state index contributed by atoms with van der Waals surface area (Å²) in [7, 11) is 0. The number of rotatable bonds is 2. The van der Waals surface area contributed by atoms with Gasteiger partial charge in [-0.05, 0) is 6.92 Å². The zero-order chi connectivity index (χ0) is 9.84. The number of hydrazone groups is 1. The molecule has 5 N–H and O–H groups in total. The van der Waals surface area contributed by atoms with Gasteiger partial charge in [0.05, 0.1) is 0 Å². The quantitative estimate of drug-likeness (QED) is 0.274. The van der Waals surface area contributed by atoms with Gasteiger partial charge in [-0.3, -0.25) is 4.79 Å². The molecule has 1 aliphatic rings. The summed E-state index contributed by atoms with van der Waals surface area (Å²) in [5.41, 5.74) is 13.3. The van der Waals surface area contributed by atoms with Gasteiger partial charge in [0.2, 0.25) is 5.96 Å². The van der Waals surface area contributed by atoms with Crippen LogP contribution in [0.25, 0.3) is 0 Å². The van der Waals surface area contributed by atoms with Crippen LogP contribution in [0.3, 0.4) is 0 Å². The predicted octanol–water partition coefficient (Wildman–Crippen LogP) is -1.49. The minimum Gasteiger partial charge on any atom is -0.369 e. The largest absolute Gasteiger partial charge is 0.369 e. The molecule has 0 aromatic heterocycles. The first-order valence-corrected chi connectivity index (χ1v) is 3.58. The smallest absolute Gasteiger partial charge is 0.288 e. The van der Waals surface area contributed by atoms with Crippen LogP contribution in [0, 0.1) is 0 Å². The summed E-state index contributed by atoms with van der Waals surface area (Å²) in [6.45, 7) is 1.78. The Labute approximate surface area is 74.6 Å². The van der Waals surface area contributed by atoms with E-state index in [1.54, 1.807) is 6.92 Å². The zero-order valence-electron chi connectivity index (χ0n) is 7.11. The second kappa shape index (κ2) is 3.65. The van der Waals surface area contributed by atoms with Gasteiger partial charge in [-0.1, -0.05) is 0 Å². The molecule has 1 aliphatic heterocycles. The van der Waals surface area contributed by atoms with Gasteiger partial charge in [-0.2, -0.15) is 5.10 Å². The fourth-order valence-corrected chi connectivity index (χ4v) is 0.764. The molecule has 0 saturated heterocycles. The summed E-state index contributed by atoms with van der Waals surface area (Å²) in [6, 6.07) is 0. The van der Waals surface area contributed by atoms with Crippen molar-refractivity contribution in [3.05, 3.63) is 0 Å². The Hall–Kier alpha value is -1.92. The van der Waals surface area contributed by atoms with E-state index >= 15 is 0 Å². The average Bonchev–Trinajstić information content (AvgIpc) is 2.47. The molecule has 0 saturated carbocycles. The maximum Gasteiger partial charge on any atom is 0.288 e. The van der Waals surface area contributed by atoms with Crippen molar-refractivity contribution in [1.29, 1.82) is 0 Å². The maximum atomic E-state index is 11.2. The third-order valence-electron chi connectivity index (χ3n) is 1.31. The minimum atomic E-state index is -0.436. The van der Waals surface area contributed by atoms with Crippen LogP contribution < -0.4 is 16.9 Å². The molecular formula is C6H10N6O. The van der Waals surface area contributed by atoms with Crippen molar-refractivity contribution in [3.63, 3.8) is 0 Å². The molecule has 0 bridgehead atoms. The number of amides is 1. The summed E-state index contributed by atoms with van der Waals surface area (Å²) < 4.78 is 0. The van der Waals surface area contributed by atoms with Crippen molar-refractivity contribution in [1.82, 2.24) is 5.43 Å². The Morgan fingerprint density at radius 3 is 2.69 bits per heavy atom. The molecule has 0 atom stereocenters. The minimum absolute atomic E-state index is 0.204. The lowest BCUT2D eigenvalue weighted by Crippen LogP contribution is -2.32. The SMILES string of the molecule is CC1=NN=C(C(=O)NN=C(N)N)C1. The number of guanidine groups is 1. The molecule has 13 heavy (non-hydrogen) atoms. The standard InChI is InChI=1S/C6H10N6O/c1-3-2-4(10-9-3)5(13)11-12-6(7)8/h2H2,1H3,(H,11,13)(H4,7,8,12). The summed E-state index contributed by atoms with van der Waals surface area (Å²) in [5, 5.41) is 10.7. The van der Waals surface area contributed by atoms with Crippen molar-refractivity contribution < 1.29 is 4.79 Å². The van der Waals surface area contributed by atoms with Crippen molar-refractivity contribution in [3.8, 4) is 0 Å². The van der Waals surface area contributed by atoms with E-state index in [1.807, 2.05) is 0 Å². The molecule has 0 spiro atoms. The lowest BCUT2D eigenvalue weighted by molar-refractivity contribution is -0.114. The van der Waals surface area contributed by atoms with Crippen molar-refractivity contribution in [2.75, 3.05) is 0 Å². The Bertz CT molecular complexity index is 311. The van der Waals surface area contributed by atoms with Gasteiger partial charge in [0.25, 0.3) is 5.91 Å². The third-order valence-corrected chi connectivity index (χ3v) is 1.31. The summed E-state index contributed by atoms with van der Waals surface area (Å²) in [4.78, 5) is 11.2. The van der Waals surface area contributed by atoms with Crippen molar-refractivity contribution in [2.45, 2.75) is 13.3 Å². The third kappa shape index (κ3) is 2.55. The number of carbonyl (C=O) groups is 1. The Morgan fingerprint density at radius 1 is 1.54 bits per heavy atom. The topological polar surface area (TPSA) is 118 Å². The van der Waals surface area contributed by atoms with Gasteiger partial charge >= 0.3 is 0 Å². The van der Waals surface area contributed by atoms with Gasteiger partial charge in [-0.25, -0.2) is 5.43 Å². The van der Waals surface area contributed by atoms with E-state index < -0.39 is 5.91 Å². The number of nitrogens with one attached hydrogen (secondary N) is 1. The van der Waals surface area contributed by atoms with Gasteiger partial charge in [-0.15, -0.1) is 10.2 Å². The van der Waals surface area contributed by atoms with E-state index in [1.165, 1.54) is 0 Å². The molecule has 0 aliphatic carbocycles. The van der Waals surface area contributed by atoms with Crippen LogP contribution in [-0.4, -0.2) is 23.3 Å². The number of carbonyl (C=O) groups excluding carboxylic acids is 1. The summed E-state index contributed by atoms with van der Waals surface area (Å²) in [5.74, 6) is -0.640. The van der Waals surface area contributed by atoms with Gasteiger partial charge in [0.1, 0.15) is 5.71 Å². The van der Waals surface area contributed by atoms with E-state index in [0.717, 1.165) is 5.71 Å². The Kier molecular flexibility index (Phi) is 2.58. The average molecular weight is 182 g/mol. The first kappa shape index (κ1) is 9.17. The molecule has 0 fully saturated rings. The highest BCUT2D eigenvalue weighted by molar-refractivity contribution is 6.43. The zero-order valence-corrected chi connectivity index (χ0v) is 7.11. The molecule has 0 radical (unpaired) electrons. The normalized spacial score (nSPS) is 14.5. The number of hydrogen-bond acceptors (Lipinski definition) is 4. The van der Waals surface area contributed by atoms with Crippen LogP contribution in [0.1, 0.15) is 13.3 Å². The molecule has 0 aromatic rings. The molecule has 7 nitrogen and oxygen atoms in total. The number of nitrogens with zero attached hydrogens (tertiary/aromatic N) is 3. The van der Waals surface area contributed by atoms with Crippen LogP contribution in [0.5, 0.6) is 0 Å². The first-order valence-electron chi connectivity index (χ1n) is 3.58. The van der Waals surface area contributed by atoms with Crippen LogP contribution >= 0.6 is 0 Å². The molecule has 1 amide bonds. The lowest BCUT2D eigenvalue weighted by atomic mass is 10.2. The Morgan fingerprint density at radius 2 is 2.23 bits per heavy atom. The van der Waals surface area contributed by atoms with E-state index in [0.29, 0.717) is 12.1 Å². The van der Waals surface area contributed by atoms with E-state index in [2.05, 4.69) is 20.7 Å². The fourth-order valence-electron chi connectivity index (χ4n) is 0.764. The molecule has 7 heteroatoms. The fraction of sp³-hybridized carbons (Fsp3) is 0.333. The highest BCUT2D eigenvalue weighted by Crippen LogP contribution is 2.01. The molecule has 1 rings (SSSR count). The van der Waals surface area contributed by atoms with Crippen LogP contribution in [-0.2, 0) is 4.79 Å². The second-order valence-electron chi connectivity index (χ2n) is 2.54. The highest BCUT2D eigenvalue weighted by atomic mass is 16.2. The van der Waals surface area contributed by atoms with Crippen LogP contribution in [0.15, 0.2) is 15.3 Å². The molecule has 70 valence electrons. The maximum absolute atomic E-state index is 11.2. The van der Waals surface area contributed by atoms with Gasteiger partial charge in [0, 0.05) is 12.1 Å². The van der Waals surface area contributed by atoms with Crippen LogP contribution in [0.2, 0.25) is 0 Å². The molecular weight excluding hydrogens is 172 g/mol. The Balaban J connectivity index is 2.48. The summed E-state index contributed by atoms with van der Waals surface area (Å²) in [6.07, 6.45) is 0.436. The lowest BCUT2D eigenvalue weighted by Gasteiger charge is -1.97. The van der Waals surface area contributed by atoms with E-state index in [4.69, 9.17) is 11.5 Å². The molecule has 0 aromatic carbocycles. The van der Waals surface area contributed by atoms with E-state index in [9.17, 15) is 4.79 Å². The molecule has 1 heterocycles. The van der Waals surface area contributed by atoms with Crippen molar-refractivity contribution in [2.24, 2.45) is 26.8 Å². The van der Waals surface area contributed by atoms with Crippen molar-refractivity contribution >= 4 is 23.3 Å².